The average Bonchev–Trinajstić information content (AvgIpc) is 3.56. The van der Waals surface area contributed by atoms with Gasteiger partial charge in [0.25, 0.3) is 5.91 Å². The van der Waals surface area contributed by atoms with E-state index in [-0.39, 0.29) is 23.7 Å². The highest BCUT2D eigenvalue weighted by atomic mass is 32.1. The maximum Gasteiger partial charge on any atom is 0.261 e. The molecule has 1 fully saturated rings. The van der Waals surface area contributed by atoms with E-state index in [2.05, 4.69) is 59.2 Å². The molecule has 0 spiro atoms. The molecule has 0 atom stereocenters. The summed E-state index contributed by atoms with van der Waals surface area (Å²) in [6.45, 7) is 2.49. The molecule has 2 aromatic carbocycles. The fourth-order valence-electron chi connectivity index (χ4n) is 3.64. The molecule has 4 rings (SSSR count). The molecule has 1 aliphatic rings. The molecule has 4 nitrogen and oxygen atoms in total. The largest absolute Gasteiger partial charge is 0.351 e. The number of hydrogen-bond acceptors (Lipinski definition) is 3. The van der Waals surface area contributed by atoms with Crippen molar-refractivity contribution in [2.45, 2.75) is 32.1 Å². The van der Waals surface area contributed by atoms with Crippen molar-refractivity contribution in [2.24, 2.45) is 5.92 Å². The molecule has 1 heterocycles. The number of carbonyl (C=O) groups excluding carboxylic acids is 2. The summed E-state index contributed by atoms with van der Waals surface area (Å²) >= 11 is 1.35. The number of carbonyl (C=O) groups is 2. The SMILES string of the molecule is Cc1cc(NC(=O)C2CC2)sc1C(=O)NCCC(c1ccccc1)c1ccccc1. The standard InChI is InChI=1S/C25H26N2O2S/c1-17-16-22(27-24(28)20-12-13-20)30-23(17)25(29)26-15-14-21(18-8-4-2-5-9-18)19-10-6-3-7-11-19/h2-11,16,20-21H,12-15H2,1H3,(H,26,29)(H,27,28). The number of hydrogen-bond donors (Lipinski definition) is 2. The third kappa shape index (κ3) is 4.97. The van der Waals surface area contributed by atoms with Gasteiger partial charge in [-0.25, -0.2) is 0 Å². The van der Waals surface area contributed by atoms with Gasteiger partial charge in [0.1, 0.15) is 0 Å². The zero-order valence-electron chi connectivity index (χ0n) is 17.1. The van der Waals surface area contributed by atoms with Gasteiger partial charge in [0, 0.05) is 18.4 Å². The fraction of sp³-hybridized carbons (Fsp3) is 0.280. The Balaban J connectivity index is 1.39. The lowest BCUT2D eigenvalue weighted by molar-refractivity contribution is -0.117. The normalized spacial score (nSPS) is 13.3. The van der Waals surface area contributed by atoms with Gasteiger partial charge in [-0.15, -0.1) is 11.3 Å². The summed E-state index contributed by atoms with van der Waals surface area (Å²) in [6.07, 6.45) is 2.75. The Morgan fingerprint density at radius 2 is 1.60 bits per heavy atom. The summed E-state index contributed by atoms with van der Waals surface area (Å²) in [6, 6.07) is 22.7. The first-order chi connectivity index (χ1) is 14.6. The molecule has 0 radical (unpaired) electrons. The maximum absolute atomic E-state index is 12.8. The quantitative estimate of drug-likeness (QED) is 0.518. The second-order valence-corrected chi connectivity index (χ2v) is 8.86. The van der Waals surface area contributed by atoms with Gasteiger partial charge in [-0.1, -0.05) is 60.7 Å². The average molecular weight is 419 g/mol. The molecular weight excluding hydrogens is 392 g/mol. The van der Waals surface area contributed by atoms with Crippen molar-refractivity contribution in [3.63, 3.8) is 0 Å². The topological polar surface area (TPSA) is 58.2 Å². The van der Waals surface area contributed by atoms with E-state index >= 15 is 0 Å². The van der Waals surface area contributed by atoms with Gasteiger partial charge < -0.3 is 10.6 Å². The number of aryl methyl sites for hydroxylation is 1. The Bertz CT molecular complexity index is 971. The Morgan fingerprint density at radius 1 is 1.00 bits per heavy atom. The molecule has 30 heavy (non-hydrogen) atoms. The van der Waals surface area contributed by atoms with E-state index < -0.39 is 0 Å². The van der Waals surface area contributed by atoms with Crippen LogP contribution in [-0.4, -0.2) is 18.4 Å². The predicted octanol–water partition coefficient (Wildman–Crippen LogP) is 5.36. The van der Waals surface area contributed by atoms with E-state index in [4.69, 9.17) is 0 Å². The van der Waals surface area contributed by atoms with Crippen molar-refractivity contribution in [2.75, 3.05) is 11.9 Å². The molecule has 0 unspecified atom stereocenters. The van der Waals surface area contributed by atoms with E-state index in [1.54, 1.807) is 0 Å². The number of amides is 2. The second-order valence-electron chi connectivity index (χ2n) is 7.80. The van der Waals surface area contributed by atoms with Gasteiger partial charge in [0.15, 0.2) is 0 Å². The molecule has 2 amide bonds. The molecule has 3 aromatic rings. The van der Waals surface area contributed by atoms with Crippen LogP contribution >= 0.6 is 11.3 Å². The van der Waals surface area contributed by atoms with Crippen molar-refractivity contribution in [3.05, 3.63) is 88.3 Å². The lowest BCUT2D eigenvalue weighted by Gasteiger charge is -2.18. The molecule has 1 aromatic heterocycles. The van der Waals surface area contributed by atoms with E-state index in [0.717, 1.165) is 29.8 Å². The van der Waals surface area contributed by atoms with Crippen LogP contribution in [0.1, 0.15) is 51.5 Å². The Labute approximate surface area is 181 Å². The van der Waals surface area contributed by atoms with E-state index in [1.165, 1.54) is 22.5 Å². The van der Waals surface area contributed by atoms with E-state index in [1.807, 2.05) is 25.1 Å². The second kappa shape index (κ2) is 9.26. The third-order valence-electron chi connectivity index (χ3n) is 5.44. The number of benzene rings is 2. The number of nitrogens with one attached hydrogen (secondary N) is 2. The molecule has 2 N–H and O–H groups in total. The van der Waals surface area contributed by atoms with Gasteiger partial charge in [0.05, 0.1) is 9.88 Å². The summed E-state index contributed by atoms with van der Waals surface area (Å²) in [5.41, 5.74) is 3.39. The lowest BCUT2D eigenvalue weighted by atomic mass is 9.88. The predicted molar refractivity (Wildman–Crippen MR) is 122 cm³/mol. The van der Waals surface area contributed by atoms with Crippen molar-refractivity contribution < 1.29 is 9.59 Å². The zero-order chi connectivity index (χ0) is 20.9. The van der Waals surface area contributed by atoms with Crippen molar-refractivity contribution in [1.29, 1.82) is 0 Å². The smallest absolute Gasteiger partial charge is 0.261 e. The Morgan fingerprint density at radius 3 is 2.17 bits per heavy atom. The third-order valence-corrected chi connectivity index (χ3v) is 6.59. The first-order valence-electron chi connectivity index (χ1n) is 10.4. The van der Waals surface area contributed by atoms with Crippen LogP contribution in [0.15, 0.2) is 66.7 Å². The van der Waals surface area contributed by atoms with Crippen LogP contribution < -0.4 is 10.6 Å². The highest BCUT2D eigenvalue weighted by Crippen LogP contribution is 2.33. The summed E-state index contributed by atoms with van der Waals surface area (Å²) in [7, 11) is 0. The molecule has 0 saturated heterocycles. The first kappa shape index (κ1) is 20.4. The molecule has 0 aliphatic heterocycles. The van der Waals surface area contributed by atoms with Crippen molar-refractivity contribution >= 4 is 28.2 Å². The van der Waals surface area contributed by atoms with Crippen LogP contribution in [0.3, 0.4) is 0 Å². The van der Waals surface area contributed by atoms with E-state index in [9.17, 15) is 9.59 Å². The molecule has 154 valence electrons. The summed E-state index contributed by atoms with van der Waals surface area (Å²) in [4.78, 5) is 25.4. The zero-order valence-corrected chi connectivity index (χ0v) is 17.9. The molecular formula is C25H26N2O2S. The molecule has 1 aliphatic carbocycles. The molecule has 5 heteroatoms. The van der Waals surface area contributed by atoms with Crippen LogP contribution in [-0.2, 0) is 4.79 Å². The van der Waals surface area contributed by atoms with Gasteiger partial charge in [-0.3, -0.25) is 9.59 Å². The lowest BCUT2D eigenvalue weighted by Crippen LogP contribution is -2.25. The van der Waals surface area contributed by atoms with E-state index in [0.29, 0.717) is 11.4 Å². The first-order valence-corrected chi connectivity index (χ1v) is 11.2. The maximum atomic E-state index is 12.8. The Hall–Kier alpha value is -2.92. The summed E-state index contributed by atoms with van der Waals surface area (Å²) < 4.78 is 0. The van der Waals surface area contributed by atoms with Crippen molar-refractivity contribution in [1.82, 2.24) is 5.32 Å². The Kier molecular flexibility index (Phi) is 6.29. The highest BCUT2D eigenvalue weighted by molar-refractivity contribution is 7.18. The minimum atomic E-state index is -0.0794. The number of thiophene rings is 1. The van der Waals surface area contributed by atoms with Gasteiger partial charge >= 0.3 is 0 Å². The van der Waals surface area contributed by atoms with Crippen LogP contribution in [0.2, 0.25) is 0 Å². The van der Waals surface area contributed by atoms with Crippen LogP contribution in [0.4, 0.5) is 5.00 Å². The van der Waals surface area contributed by atoms with Crippen LogP contribution in [0, 0.1) is 12.8 Å². The van der Waals surface area contributed by atoms with Gasteiger partial charge in [0.2, 0.25) is 5.91 Å². The minimum Gasteiger partial charge on any atom is -0.351 e. The summed E-state index contributed by atoms with van der Waals surface area (Å²) in [5.74, 6) is 0.365. The minimum absolute atomic E-state index is 0.0665. The summed E-state index contributed by atoms with van der Waals surface area (Å²) in [5, 5.41) is 6.76. The fourth-order valence-corrected chi connectivity index (χ4v) is 4.64. The molecule has 0 bridgehead atoms. The van der Waals surface area contributed by atoms with Crippen LogP contribution in [0.25, 0.3) is 0 Å². The highest BCUT2D eigenvalue weighted by Gasteiger charge is 2.30. The number of anilines is 1. The van der Waals surface area contributed by atoms with Gasteiger partial charge in [-0.05, 0) is 48.9 Å². The van der Waals surface area contributed by atoms with Crippen LogP contribution in [0.5, 0.6) is 0 Å². The number of rotatable bonds is 8. The van der Waals surface area contributed by atoms with Crippen molar-refractivity contribution in [3.8, 4) is 0 Å². The molecule has 1 saturated carbocycles. The monoisotopic (exact) mass is 418 g/mol. The van der Waals surface area contributed by atoms with Gasteiger partial charge in [-0.2, -0.15) is 0 Å².